The number of nitrogens with one attached hydrogen (secondary N) is 1. The van der Waals surface area contributed by atoms with Crippen molar-refractivity contribution in [2.75, 3.05) is 24.6 Å². The molecule has 2 rings (SSSR count). The van der Waals surface area contributed by atoms with Crippen molar-refractivity contribution in [3.8, 4) is 5.75 Å². The maximum Gasteiger partial charge on any atom is 0.277 e. The van der Waals surface area contributed by atoms with Gasteiger partial charge in [0.1, 0.15) is 11.6 Å². The van der Waals surface area contributed by atoms with Crippen LogP contribution in [0.5, 0.6) is 5.75 Å². The molecule has 0 aromatic heterocycles. The first-order valence-electron chi connectivity index (χ1n) is 8.17. The smallest absolute Gasteiger partial charge is 0.277 e. The van der Waals surface area contributed by atoms with Gasteiger partial charge in [0.25, 0.3) is 5.91 Å². The van der Waals surface area contributed by atoms with Gasteiger partial charge in [-0.1, -0.05) is 18.2 Å². The van der Waals surface area contributed by atoms with Crippen molar-refractivity contribution in [3.63, 3.8) is 0 Å². The van der Waals surface area contributed by atoms with Crippen molar-refractivity contribution in [2.45, 2.75) is 13.8 Å². The summed E-state index contributed by atoms with van der Waals surface area (Å²) in [5.74, 6) is -0.532. The second-order valence-corrected chi connectivity index (χ2v) is 5.30. The Labute approximate surface area is 147 Å². The van der Waals surface area contributed by atoms with E-state index in [2.05, 4.69) is 29.3 Å². The van der Waals surface area contributed by atoms with Crippen LogP contribution in [0.3, 0.4) is 0 Å². The van der Waals surface area contributed by atoms with Gasteiger partial charge in [0.2, 0.25) is 0 Å². The van der Waals surface area contributed by atoms with E-state index >= 15 is 0 Å². The number of hydrazone groups is 1. The third kappa shape index (κ3) is 5.91. The number of hydrogen-bond donors (Lipinski definition) is 1. The predicted molar refractivity (Wildman–Crippen MR) is 97.6 cm³/mol. The Morgan fingerprint density at radius 3 is 2.56 bits per heavy atom. The molecule has 6 heteroatoms. The molecule has 25 heavy (non-hydrogen) atoms. The Kier molecular flexibility index (Phi) is 6.95. The van der Waals surface area contributed by atoms with E-state index in [4.69, 9.17) is 4.74 Å². The number of nitrogens with zero attached hydrogens (tertiary/aromatic N) is 2. The highest BCUT2D eigenvalue weighted by Crippen LogP contribution is 2.14. The molecule has 0 bridgehead atoms. The zero-order valence-electron chi connectivity index (χ0n) is 14.4. The Hall–Kier alpha value is -2.89. The largest absolute Gasteiger partial charge is 0.484 e. The summed E-state index contributed by atoms with van der Waals surface area (Å²) in [6.07, 6.45) is 1.56. The van der Waals surface area contributed by atoms with Gasteiger partial charge in [-0.05, 0) is 43.7 Å². The molecular formula is C19H22FN3O2. The predicted octanol–water partition coefficient (Wildman–Crippen LogP) is 3.20. The van der Waals surface area contributed by atoms with Gasteiger partial charge in [0.05, 0.1) is 6.21 Å². The van der Waals surface area contributed by atoms with Crippen molar-refractivity contribution in [2.24, 2.45) is 5.10 Å². The van der Waals surface area contributed by atoms with Crippen LogP contribution in [0.1, 0.15) is 19.4 Å². The summed E-state index contributed by atoms with van der Waals surface area (Å²) in [5, 5.41) is 3.89. The highest BCUT2D eigenvalue weighted by atomic mass is 19.1. The Morgan fingerprint density at radius 1 is 1.20 bits per heavy atom. The highest BCUT2D eigenvalue weighted by Gasteiger charge is 2.03. The van der Waals surface area contributed by atoms with Crippen molar-refractivity contribution in [1.29, 1.82) is 0 Å². The lowest BCUT2D eigenvalue weighted by Crippen LogP contribution is -2.24. The minimum absolute atomic E-state index is 0.234. The number of carbonyl (C=O) groups is 1. The molecule has 0 fully saturated rings. The first kappa shape index (κ1) is 18.4. The summed E-state index contributed by atoms with van der Waals surface area (Å²) >= 11 is 0. The van der Waals surface area contributed by atoms with Crippen LogP contribution in [-0.4, -0.2) is 31.8 Å². The average molecular weight is 343 g/mol. The molecule has 0 aliphatic rings. The maximum atomic E-state index is 13.0. The van der Waals surface area contributed by atoms with E-state index in [1.54, 1.807) is 12.3 Å². The topological polar surface area (TPSA) is 53.9 Å². The van der Waals surface area contributed by atoms with E-state index in [9.17, 15) is 9.18 Å². The molecule has 0 aliphatic heterocycles. The fraction of sp³-hybridized carbons (Fsp3) is 0.263. The molecule has 0 unspecified atom stereocenters. The summed E-state index contributed by atoms with van der Waals surface area (Å²) in [6.45, 7) is 5.89. The molecule has 1 N–H and O–H groups in total. The van der Waals surface area contributed by atoms with Gasteiger partial charge >= 0.3 is 0 Å². The lowest BCUT2D eigenvalue weighted by molar-refractivity contribution is -0.123. The van der Waals surface area contributed by atoms with Crippen molar-refractivity contribution in [3.05, 3.63) is 59.9 Å². The summed E-state index contributed by atoms with van der Waals surface area (Å²) in [4.78, 5) is 13.9. The van der Waals surface area contributed by atoms with Gasteiger partial charge in [-0.25, -0.2) is 9.82 Å². The van der Waals surface area contributed by atoms with Crippen LogP contribution in [0.4, 0.5) is 10.1 Å². The van der Waals surface area contributed by atoms with E-state index in [0.717, 1.165) is 24.3 Å². The van der Waals surface area contributed by atoms with E-state index < -0.39 is 11.7 Å². The zero-order chi connectivity index (χ0) is 18.1. The Bertz CT molecular complexity index is 713. The summed E-state index contributed by atoms with van der Waals surface area (Å²) in [7, 11) is 0. The standard InChI is InChI=1S/C19H22FN3O2/c1-3-23(4-2)17-10-8-15(9-11-17)13-21-22-19(24)14-25-18-7-5-6-16(20)12-18/h5-13H,3-4,14H2,1-2H3,(H,22,24)/b21-13-. The molecule has 0 aliphatic carbocycles. The number of halogens is 1. The van der Waals surface area contributed by atoms with Crippen LogP contribution >= 0.6 is 0 Å². The number of hydrogen-bond acceptors (Lipinski definition) is 4. The van der Waals surface area contributed by atoms with Crippen LogP contribution in [0.25, 0.3) is 0 Å². The molecule has 2 aromatic rings. The van der Waals surface area contributed by atoms with E-state index in [1.165, 1.54) is 18.2 Å². The number of ether oxygens (including phenoxy) is 1. The molecule has 0 atom stereocenters. The van der Waals surface area contributed by atoms with Gasteiger partial charge < -0.3 is 9.64 Å². The zero-order valence-corrected chi connectivity index (χ0v) is 14.4. The molecule has 5 nitrogen and oxygen atoms in total. The van der Waals surface area contributed by atoms with Crippen LogP contribution in [0, 0.1) is 5.82 Å². The van der Waals surface area contributed by atoms with Gasteiger partial charge in [-0.2, -0.15) is 5.10 Å². The lowest BCUT2D eigenvalue weighted by Gasteiger charge is -2.20. The van der Waals surface area contributed by atoms with Crippen LogP contribution < -0.4 is 15.1 Å². The minimum Gasteiger partial charge on any atom is -0.484 e. The second-order valence-electron chi connectivity index (χ2n) is 5.30. The van der Waals surface area contributed by atoms with Crippen molar-refractivity contribution < 1.29 is 13.9 Å². The molecule has 132 valence electrons. The first-order chi connectivity index (χ1) is 12.1. The third-order valence-corrected chi connectivity index (χ3v) is 3.59. The van der Waals surface area contributed by atoms with E-state index in [1.807, 2.05) is 24.3 Å². The summed E-state index contributed by atoms with van der Waals surface area (Å²) < 4.78 is 18.2. The van der Waals surface area contributed by atoms with Crippen LogP contribution in [0.15, 0.2) is 53.6 Å². The number of anilines is 1. The third-order valence-electron chi connectivity index (χ3n) is 3.59. The highest BCUT2D eigenvalue weighted by molar-refractivity contribution is 5.83. The number of rotatable bonds is 8. The van der Waals surface area contributed by atoms with Gasteiger partial charge in [-0.15, -0.1) is 0 Å². The monoisotopic (exact) mass is 343 g/mol. The van der Waals surface area contributed by atoms with Gasteiger partial charge in [-0.3, -0.25) is 4.79 Å². The lowest BCUT2D eigenvalue weighted by atomic mass is 10.2. The molecule has 0 heterocycles. The summed E-state index contributed by atoms with van der Waals surface area (Å²) in [6, 6.07) is 13.5. The normalized spacial score (nSPS) is 10.7. The fourth-order valence-corrected chi connectivity index (χ4v) is 2.28. The number of carbonyl (C=O) groups excluding carboxylic acids is 1. The number of benzene rings is 2. The van der Waals surface area contributed by atoms with Crippen LogP contribution in [-0.2, 0) is 4.79 Å². The van der Waals surface area contributed by atoms with E-state index in [0.29, 0.717) is 5.75 Å². The van der Waals surface area contributed by atoms with Gasteiger partial charge in [0, 0.05) is 24.8 Å². The van der Waals surface area contributed by atoms with Crippen molar-refractivity contribution in [1.82, 2.24) is 5.43 Å². The molecule has 1 amide bonds. The van der Waals surface area contributed by atoms with E-state index in [-0.39, 0.29) is 6.61 Å². The first-order valence-corrected chi connectivity index (χ1v) is 8.17. The second kappa shape index (κ2) is 9.42. The summed E-state index contributed by atoms with van der Waals surface area (Å²) in [5.41, 5.74) is 4.40. The molecule has 0 saturated carbocycles. The quantitative estimate of drug-likeness (QED) is 0.591. The molecular weight excluding hydrogens is 321 g/mol. The SMILES string of the molecule is CCN(CC)c1ccc(/C=N\NC(=O)COc2cccc(F)c2)cc1. The Morgan fingerprint density at radius 2 is 1.92 bits per heavy atom. The molecule has 0 saturated heterocycles. The number of amides is 1. The maximum absolute atomic E-state index is 13.0. The van der Waals surface area contributed by atoms with Crippen molar-refractivity contribution >= 4 is 17.8 Å². The van der Waals surface area contributed by atoms with Gasteiger partial charge in [0.15, 0.2) is 6.61 Å². The molecule has 0 radical (unpaired) electrons. The average Bonchev–Trinajstić information content (AvgIpc) is 2.62. The Balaban J connectivity index is 1.80. The fourth-order valence-electron chi connectivity index (χ4n) is 2.28. The minimum atomic E-state index is -0.416. The van der Waals surface area contributed by atoms with Crippen LogP contribution in [0.2, 0.25) is 0 Å². The molecule has 0 spiro atoms. The molecule has 2 aromatic carbocycles.